The van der Waals surface area contributed by atoms with Gasteiger partial charge in [-0.1, -0.05) is 34.8 Å². The molecule has 0 unspecified atom stereocenters. The molecule has 2 amide bonds. The van der Waals surface area contributed by atoms with Gasteiger partial charge in [-0.05, 0) is 55.8 Å². The molecule has 0 bridgehead atoms. The Bertz CT molecular complexity index is 1240. The first-order valence-corrected chi connectivity index (χ1v) is 13.9. The summed E-state index contributed by atoms with van der Waals surface area (Å²) in [6.45, 7) is 3.17. The Balaban J connectivity index is 1.77. The molecule has 34 heavy (non-hydrogen) atoms. The molecule has 184 valence electrons. The minimum atomic E-state index is -3.34. The molecule has 0 aromatic heterocycles. The standard InChI is InChI=1S/C22H21Cl5N2O4S/c1-21(2,10-34(3,32)33)29-19(30)15-9-14(4-5-16(15)25)28-20(31)18-17(22(18,26)27)11-6-12(23)8-13(24)7-11/h4-9,17-18H,10H2,1-3H3,(H,28,31)(H,29,30)/t17-,18+/m0/s1. The first-order valence-electron chi connectivity index (χ1n) is 9.95. The van der Waals surface area contributed by atoms with E-state index in [1.165, 1.54) is 18.2 Å². The van der Waals surface area contributed by atoms with Crippen LogP contribution in [0.5, 0.6) is 0 Å². The quantitative estimate of drug-likeness (QED) is 0.406. The van der Waals surface area contributed by atoms with Crippen LogP contribution in [0.3, 0.4) is 0 Å². The van der Waals surface area contributed by atoms with Gasteiger partial charge in [-0.25, -0.2) is 8.42 Å². The summed E-state index contributed by atoms with van der Waals surface area (Å²) in [5.74, 6) is -2.62. The molecule has 1 aliphatic rings. The molecule has 0 heterocycles. The van der Waals surface area contributed by atoms with Crippen LogP contribution in [0, 0.1) is 5.92 Å². The van der Waals surface area contributed by atoms with E-state index in [2.05, 4.69) is 10.6 Å². The van der Waals surface area contributed by atoms with Gasteiger partial charge in [0.05, 0.1) is 22.3 Å². The highest BCUT2D eigenvalue weighted by atomic mass is 35.5. The fourth-order valence-corrected chi connectivity index (χ4v) is 6.84. The molecular formula is C22H21Cl5N2O4S. The van der Waals surface area contributed by atoms with Crippen molar-refractivity contribution >= 4 is 85.3 Å². The van der Waals surface area contributed by atoms with E-state index < -0.39 is 43.4 Å². The van der Waals surface area contributed by atoms with Gasteiger partial charge in [0, 0.05) is 33.4 Å². The molecule has 2 aromatic rings. The fraction of sp³-hybridized carbons (Fsp3) is 0.364. The van der Waals surface area contributed by atoms with E-state index in [1.807, 2.05) is 0 Å². The van der Waals surface area contributed by atoms with Crippen molar-refractivity contribution in [3.8, 4) is 0 Å². The zero-order valence-corrected chi connectivity index (χ0v) is 22.9. The van der Waals surface area contributed by atoms with Crippen LogP contribution in [0.1, 0.15) is 35.7 Å². The maximum Gasteiger partial charge on any atom is 0.253 e. The molecular weight excluding hydrogens is 566 g/mol. The number of carbonyl (C=O) groups excluding carboxylic acids is 2. The molecule has 2 atom stereocenters. The Kier molecular flexibility index (Phi) is 7.79. The van der Waals surface area contributed by atoms with Crippen LogP contribution in [-0.2, 0) is 14.6 Å². The molecule has 3 rings (SSSR count). The summed E-state index contributed by atoms with van der Waals surface area (Å²) in [7, 11) is -3.34. The predicted octanol–water partition coefficient (Wildman–Crippen LogP) is 5.73. The second-order valence-electron chi connectivity index (χ2n) is 8.92. The molecule has 1 saturated carbocycles. The van der Waals surface area contributed by atoms with E-state index in [1.54, 1.807) is 32.0 Å². The van der Waals surface area contributed by atoms with Crippen molar-refractivity contribution in [2.45, 2.75) is 29.6 Å². The zero-order valence-electron chi connectivity index (χ0n) is 18.3. The molecule has 1 fully saturated rings. The molecule has 0 saturated heterocycles. The van der Waals surface area contributed by atoms with Crippen LogP contribution in [-0.4, -0.2) is 42.1 Å². The summed E-state index contributed by atoms with van der Waals surface area (Å²) >= 11 is 31.1. The van der Waals surface area contributed by atoms with Gasteiger partial charge in [-0.2, -0.15) is 0 Å². The lowest BCUT2D eigenvalue weighted by molar-refractivity contribution is -0.117. The molecule has 1 aliphatic carbocycles. The molecule has 0 aliphatic heterocycles. The summed E-state index contributed by atoms with van der Waals surface area (Å²) < 4.78 is 21.9. The third kappa shape index (κ3) is 6.50. The van der Waals surface area contributed by atoms with Crippen LogP contribution >= 0.6 is 58.0 Å². The number of hydrogen-bond acceptors (Lipinski definition) is 4. The average molecular weight is 587 g/mol. The molecule has 12 heteroatoms. The van der Waals surface area contributed by atoms with Crippen molar-refractivity contribution in [1.82, 2.24) is 5.32 Å². The molecule has 2 aromatic carbocycles. The maximum absolute atomic E-state index is 12.9. The minimum Gasteiger partial charge on any atom is -0.346 e. The van der Waals surface area contributed by atoms with Crippen LogP contribution in [0.15, 0.2) is 36.4 Å². The lowest BCUT2D eigenvalue weighted by Gasteiger charge is -2.25. The monoisotopic (exact) mass is 584 g/mol. The topological polar surface area (TPSA) is 92.3 Å². The summed E-state index contributed by atoms with van der Waals surface area (Å²) in [5.41, 5.74) is -0.0480. The second-order valence-corrected chi connectivity index (χ2v) is 13.8. The van der Waals surface area contributed by atoms with Crippen LogP contribution < -0.4 is 10.6 Å². The van der Waals surface area contributed by atoms with E-state index in [9.17, 15) is 18.0 Å². The maximum atomic E-state index is 12.9. The SMILES string of the molecule is CC(C)(CS(C)(=O)=O)NC(=O)c1cc(NC(=O)[C@H]2[C@H](c3cc(Cl)cc(Cl)c3)C2(Cl)Cl)ccc1Cl. The highest BCUT2D eigenvalue weighted by Gasteiger charge is 2.67. The molecule has 0 radical (unpaired) electrons. The van der Waals surface area contributed by atoms with E-state index in [0.29, 0.717) is 21.3 Å². The average Bonchev–Trinajstić information content (AvgIpc) is 3.22. The van der Waals surface area contributed by atoms with Crippen molar-refractivity contribution in [3.63, 3.8) is 0 Å². The van der Waals surface area contributed by atoms with Gasteiger partial charge in [-0.15, -0.1) is 23.2 Å². The van der Waals surface area contributed by atoms with Gasteiger partial charge in [0.1, 0.15) is 14.2 Å². The van der Waals surface area contributed by atoms with Crippen molar-refractivity contribution in [2.24, 2.45) is 5.92 Å². The van der Waals surface area contributed by atoms with Crippen LogP contribution in [0.2, 0.25) is 15.1 Å². The number of benzene rings is 2. The Morgan fingerprint density at radius 1 is 1.03 bits per heavy atom. The van der Waals surface area contributed by atoms with Gasteiger partial charge >= 0.3 is 0 Å². The smallest absolute Gasteiger partial charge is 0.253 e. The Morgan fingerprint density at radius 2 is 1.62 bits per heavy atom. The highest BCUT2D eigenvalue weighted by Crippen LogP contribution is 2.65. The molecule has 2 N–H and O–H groups in total. The number of halogens is 5. The third-order valence-corrected chi connectivity index (χ3v) is 8.09. The molecule has 0 spiro atoms. The first kappa shape index (κ1) is 27.4. The van der Waals surface area contributed by atoms with Crippen LogP contribution in [0.4, 0.5) is 5.69 Å². The van der Waals surface area contributed by atoms with E-state index in [-0.39, 0.29) is 16.3 Å². The van der Waals surface area contributed by atoms with E-state index >= 15 is 0 Å². The fourth-order valence-electron chi connectivity index (χ4n) is 3.89. The lowest BCUT2D eigenvalue weighted by Crippen LogP contribution is -2.48. The number of carbonyl (C=O) groups is 2. The van der Waals surface area contributed by atoms with Gasteiger partial charge in [0.15, 0.2) is 0 Å². The molecule has 6 nitrogen and oxygen atoms in total. The van der Waals surface area contributed by atoms with Gasteiger partial charge in [0.25, 0.3) is 5.91 Å². The number of amides is 2. The summed E-state index contributed by atoms with van der Waals surface area (Å²) in [6, 6.07) is 9.22. The second kappa shape index (κ2) is 9.68. The number of hydrogen-bond donors (Lipinski definition) is 2. The van der Waals surface area contributed by atoms with Crippen molar-refractivity contribution < 1.29 is 18.0 Å². The highest BCUT2D eigenvalue weighted by molar-refractivity contribution is 7.90. The van der Waals surface area contributed by atoms with Gasteiger partial charge in [0.2, 0.25) is 5.91 Å². The first-order chi connectivity index (χ1) is 15.5. The number of anilines is 1. The zero-order chi connectivity index (χ0) is 25.6. The van der Waals surface area contributed by atoms with E-state index in [4.69, 9.17) is 58.0 Å². The van der Waals surface area contributed by atoms with Crippen molar-refractivity contribution in [1.29, 1.82) is 0 Å². The van der Waals surface area contributed by atoms with Crippen molar-refractivity contribution in [2.75, 3.05) is 17.3 Å². The normalized spacial score (nSPS) is 19.4. The summed E-state index contributed by atoms with van der Waals surface area (Å²) in [4.78, 5) is 25.7. The van der Waals surface area contributed by atoms with E-state index in [0.717, 1.165) is 6.26 Å². The lowest BCUT2D eigenvalue weighted by atomic mass is 10.1. The van der Waals surface area contributed by atoms with Gasteiger partial charge < -0.3 is 10.6 Å². The Morgan fingerprint density at radius 3 is 2.18 bits per heavy atom. The summed E-state index contributed by atoms with van der Waals surface area (Å²) in [6.07, 6.45) is 1.08. The predicted molar refractivity (Wildman–Crippen MR) is 138 cm³/mol. The minimum absolute atomic E-state index is 0.0676. The Hall–Kier alpha value is -1.22. The number of sulfone groups is 1. The summed E-state index contributed by atoms with van der Waals surface area (Å²) in [5, 5.41) is 6.28. The third-order valence-electron chi connectivity index (χ3n) is 5.13. The van der Waals surface area contributed by atoms with Crippen LogP contribution in [0.25, 0.3) is 0 Å². The number of rotatable bonds is 7. The van der Waals surface area contributed by atoms with Crippen molar-refractivity contribution in [3.05, 3.63) is 62.6 Å². The van der Waals surface area contributed by atoms with Gasteiger partial charge in [-0.3, -0.25) is 9.59 Å². The Labute approximate surface area is 223 Å². The number of nitrogens with one attached hydrogen (secondary N) is 2. The largest absolute Gasteiger partial charge is 0.346 e. The number of alkyl halides is 2.